The molecule has 1 aromatic rings. The van der Waals surface area contributed by atoms with Crippen molar-refractivity contribution < 1.29 is 17.9 Å². The van der Waals surface area contributed by atoms with Crippen LogP contribution < -0.4 is 4.74 Å². The van der Waals surface area contributed by atoms with E-state index < -0.39 is 6.36 Å². The van der Waals surface area contributed by atoms with Crippen LogP contribution in [-0.4, -0.2) is 6.36 Å². The molecule has 0 spiro atoms. The molecule has 0 saturated heterocycles. The summed E-state index contributed by atoms with van der Waals surface area (Å²) >= 11 is 0. The predicted molar refractivity (Wildman–Crippen MR) is 51.6 cm³/mol. The van der Waals surface area contributed by atoms with Gasteiger partial charge in [0.25, 0.3) is 0 Å². The van der Waals surface area contributed by atoms with E-state index in [9.17, 15) is 13.2 Å². The van der Waals surface area contributed by atoms with Gasteiger partial charge in [0.2, 0.25) is 0 Å². The monoisotopic (exact) mass is 217 g/mol. The highest BCUT2D eigenvalue weighted by Gasteiger charge is 2.32. The molecule has 0 heterocycles. The fraction of sp³-hybridized carbons (Fsp3) is 0.364. The Balaban J connectivity index is 3.05. The first kappa shape index (κ1) is 11.9. The lowest BCUT2D eigenvalue weighted by atomic mass is 9.98. The summed E-state index contributed by atoms with van der Waals surface area (Å²) < 4.78 is 40.0. The van der Waals surface area contributed by atoms with Crippen molar-refractivity contribution in [3.8, 4) is 5.75 Å². The van der Waals surface area contributed by atoms with Gasteiger partial charge in [-0.3, -0.25) is 0 Å². The Bertz CT molecular complexity index is 342. The normalized spacial score (nSPS) is 11.9. The highest BCUT2D eigenvalue weighted by molar-refractivity contribution is 5.45. The van der Waals surface area contributed by atoms with E-state index in [0.29, 0.717) is 5.56 Å². The number of hydrogen-bond acceptors (Lipinski definition) is 1. The summed E-state index contributed by atoms with van der Waals surface area (Å²) in [7, 11) is 0. The molecule has 83 valence electrons. The lowest BCUT2D eigenvalue weighted by Gasteiger charge is -2.15. The Hall–Kier alpha value is -1.19. The summed E-state index contributed by atoms with van der Waals surface area (Å²) in [5.74, 6) is 0.821. The first-order valence-corrected chi connectivity index (χ1v) is 4.47. The van der Waals surface area contributed by atoms with Crippen molar-refractivity contribution in [2.45, 2.75) is 27.1 Å². The molecule has 0 aliphatic rings. The number of benzene rings is 1. The van der Waals surface area contributed by atoms with Crippen LogP contribution in [0.4, 0.5) is 13.2 Å². The van der Waals surface area contributed by atoms with E-state index >= 15 is 0 Å². The van der Waals surface area contributed by atoms with E-state index in [1.165, 1.54) is 6.07 Å². The van der Waals surface area contributed by atoms with Gasteiger partial charge in [0.15, 0.2) is 0 Å². The molecule has 0 aliphatic carbocycles. The van der Waals surface area contributed by atoms with E-state index in [1.807, 2.05) is 13.8 Å². The first-order chi connectivity index (χ1) is 6.81. The topological polar surface area (TPSA) is 9.23 Å². The van der Waals surface area contributed by atoms with Crippen molar-refractivity contribution in [3.05, 3.63) is 35.2 Å². The van der Waals surface area contributed by atoms with Crippen LogP contribution in [0, 0.1) is 12.8 Å². The summed E-state index contributed by atoms with van der Waals surface area (Å²) in [5, 5.41) is 0. The average molecular weight is 217 g/mol. The minimum Gasteiger partial charge on any atom is -0.406 e. The third kappa shape index (κ3) is 3.15. The van der Waals surface area contributed by atoms with Crippen LogP contribution in [0.2, 0.25) is 0 Å². The second-order valence-corrected chi connectivity index (χ2v) is 3.48. The molecule has 1 nitrogen and oxygen atoms in total. The molecule has 0 N–H and O–H groups in total. The van der Waals surface area contributed by atoms with Gasteiger partial charge in [-0.05, 0) is 30.0 Å². The summed E-state index contributed by atoms with van der Waals surface area (Å²) in [6, 6.07) is 4.64. The van der Waals surface area contributed by atoms with E-state index in [1.54, 1.807) is 19.1 Å². The van der Waals surface area contributed by atoms with Crippen LogP contribution in [0.5, 0.6) is 5.75 Å². The fourth-order valence-electron chi connectivity index (χ4n) is 1.39. The largest absolute Gasteiger partial charge is 0.573 e. The zero-order valence-corrected chi connectivity index (χ0v) is 8.77. The van der Waals surface area contributed by atoms with Gasteiger partial charge in [0.1, 0.15) is 5.75 Å². The van der Waals surface area contributed by atoms with Crippen molar-refractivity contribution in [3.63, 3.8) is 0 Å². The number of alkyl halides is 3. The molecule has 0 aliphatic heterocycles. The minimum atomic E-state index is -4.63. The van der Waals surface area contributed by atoms with Crippen molar-refractivity contribution >= 4 is 0 Å². The number of ether oxygens (including phenoxy) is 1. The minimum absolute atomic E-state index is 0.138. The van der Waals surface area contributed by atoms with Crippen LogP contribution in [0.1, 0.15) is 25.0 Å². The van der Waals surface area contributed by atoms with E-state index in [-0.39, 0.29) is 5.75 Å². The van der Waals surface area contributed by atoms with Crippen molar-refractivity contribution in [1.82, 2.24) is 0 Å². The average Bonchev–Trinajstić information content (AvgIpc) is 2.05. The molecule has 4 heteroatoms. The molecular formula is C11H12F3O. The Kier molecular flexibility index (Phi) is 3.27. The summed E-state index contributed by atoms with van der Waals surface area (Å²) in [6.07, 6.45) is -4.63. The number of hydrogen-bond donors (Lipinski definition) is 0. The van der Waals surface area contributed by atoms with E-state index in [0.717, 1.165) is 11.5 Å². The molecule has 0 saturated carbocycles. The van der Waals surface area contributed by atoms with Crippen LogP contribution in [-0.2, 0) is 0 Å². The Morgan fingerprint density at radius 3 is 2.27 bits per heavy atom. The van der Waals surface area contributed by atoms with Gasteiger partial charge in [0, 0.05) is 0 Å². The molecular weight excluding hydrogens is 205 g/mol. The predicted octanol–water partition coefficient (Wildman–Crippen LogP) is 3.86. The lowest BCUT2D eigenvalue weighted by Crippen LogP contribution is -2.18. The van der Waals surface area contributed by atoms with Gasteiger partial charge in [0.05, 0.1) is 0 Å². The Morgan fingerprint density at radius 2 is 1.80 bits per heavy atom. The zero-order chi connectivity index (χ0) is 11.6. The van der Waals surface area contributed by atoms with Gasteiger partial charge in [-0.25, -0.2) is 0 Å². The van der Waals surface area contributed by atoms with Gasteiger partial charge in [-0.15, -0.1) is 13.2 Å². The van der Waals surface area contributed by atoms with Crippen molar-refractivity contribution in [2.24, 2.45) is 0 Å². The molecule has 0 unspecified atom stereocenters. The van der Waals surface area contributed by atoms with E-state index in [4.69, 9.17) is 0 Å². The molecule has 1 rings (SSSR count). The summed E-state index contributed by atoms with van der Waals surface area (Å²) in [5.41, 5.74) is 1.30. The second kappa shape index (κ2) is 4.13. The van der Waals surface area contributed by atoms with E-state index in [2.05, 4.69) is 4.74 Å². The van der Waals surface area contributed by atoms with Gasteiger partial charge in [-0.1, -0.05) is 26.0 Å². The third-order valence-electron chi connectivity index (χ3n) is 2.05. The zero-order valence-electron chi connectivity index (χ0n) is 8.77. The molecule has 0 amide bonds. The number of halogens is 3. The molecule has 1 radical (unpaired) electrons. The first-order valence-electron chi connectivity index (χ1n) is 4.47. The SMILES string of the molecule is C[C](C)c1cccc(OC(F)(F)F)c1C. The van der Waals surface area contributed by atoms with Crippen LogP contribution in [0.3, 0.4) is 0 Å². The Labute approximate surface area is 86.9 Å². The molecule has 0 atom stereocenters. The smallest absolute Gasteiger partial charge is 0.406 e. The molecule has 0 aromatic heterocycles. The summed E-state index contributed by atoms with van der Waals surface area (Å²) in [4.78, 5) is 0. The maximum Gasteiger partial charge on any atom is 0.573 e. The van der Waals surface area contributed by atoms with Gasteiger partial charge in [-0.2, -0.15) is 0 Å². The van der Waals surface area contributed by atoms with Gasteiger partial charge >= 0.3 is 6.36 Å². The van der Waals surface area contributed by atoms with Gasteiger partial charge < -0.3 is 4.74 Å². The molecule has 0 bridgehead atoms. The quantitative estimate of drug-likeness (QED) is 0.731. The Morgan fingerprint density at radius 1 is 1.20 bits per heavy atom. The second-order valence-electron chi connectivity index (χ2n) is 3.48. The molecule has 1 aromatic carbocycles. The maximum atomic E-state index is 12.0. The van der Waals surface area contributed by atoms with Crippen LogP contribution >= 0.6 is 0 Å². The van der Waals surface area contributed by atoms with Crippen molar-refractivity contribution in [1.29, 1.82) is 0 Å². The van der Waals surface area contributed by atoms with Crippen molar-refractivity contribution in [2.75, 3.05) is 0 Å². The highest BCUT2D eigenvalue weighted by Crippen LogP contribution is 2.30. The molecule has 15 heavy (non-hydrogen) atoms. The molecule has 0 fully saturated rings. The lowest BCUT2D eigenvalue weighted by molar-refractivity contribution is -0.274. The fourth-order valence-corrected chi connectivity index (χ4v) is 1.39. The third-order valence-corrected chi connectivity index (χ3v) is 2.05. The van der Waals surface area contributed by atoms with Crippen LogP contribution in [0.25, 0.3) is 0 Å². The number of rotatable bonds is 2. The highest BCUT2D eigenvalue weighted by atomic mass is 19.4. The van der Waals surface area contributed by atoms with Crippen LogP contribution in [0.15, 0.2) is 18.2 Å². The summed E-state index contributed by atoms with van der Waals surface area (Å²) in [6.45, 7) is 5.31. The maximum absolute atomic E-state index is 12.0. The standard InChI is InChI=1S/C11H12F3O/c1-7(2)9-5-4-6-10(8(9)3)15-11(12,13)14/h4-6H,1-3H3.